The summed E-state index contributed by atoms with van der Waals surface area (Å²) < 4.78 is 31.1. The summed E-state index contributed by atoms with van der Waals surface area (Å²) in [7, 11) is -3.22. The number of ether oxygens (including phenoxy) is 1. The summed E-state index contributed by atoms with van der Waals surface area (Å²) in [5.74, 6) is -1.37. The fraction of sp³-hybridized carbons (Fsp3) is 0.571. The van der Waals surface area contributed by atoms with Crippen molar-refractivity contribution >= 4 is 15.8 Å². The van der Waals surface area contributed by atoms with Crippen molar-refractivity contribution in [3.63, 3.8) is 0 Å². The highest BCUT2D eigenvalue weighted by atomic mass is 32.2. The van der Waals surface area contributed by atoms with Crippen molar-refractivity contribution in [2.75, 3.05) is 12.9 Å². The Morgan fingerprint density at radius 3 is 2.81 bits per heavy atom. The van der Waals surface area contributed by atoms with E-state index in [0.717, 1.165) is 6.26 Å². The van der Waals surface area contributed by atoms with Crippen LogP contribution in [0.3, 0.4) is 0 Å². The van der Waals surface area contributed by atoms with Crippen LogP contribution in [0.4, 0.5) is 0 Å². The van der Waals surface area contributed by atoms with Gasteiger partial charge in [-0.1, -0.05) is 5.16 Å². The molecule has 90 valence electrons. The molecule has 0 fully saturated rings. The van der Waals surface area contributed by atoms with Crippen molar-refractivity contribution in [3.05, 3.63) is 11.7 Å². The molecule has 1 aromatic rings. The van der Waals surface area contributed by atoms with Crippen molar-refractivity contribution in [2.45, 2.75) is 12.4 Å². The van der Waals surface area contributed by atoms with Crippen LogP contribution in [0.15, 0.2) is 4.52 Å². The minimum Gasteiger partial charge on any atom is -0.480 e. The standard InChI is InChI=1S/C7H10N2O6S/c1-16(12,13)4-5-8-6(15-9-5)2-14-3-7(10)11/h2-4H2,1H3,(H,10,11). The van der Waals surface area contributed by atoms with Crippen LogP contribution in [-0.4, -0.2) is 42.5 Å². The zero-order valence-electron chi connectivity index (χ0n) is 8.41. The molecule has 1 heterocycles. The number of sulfone groups is 1. The SMILES string of the molecule is CS(=O)(=O)Cc1noc(COCC(=O)O)n1. The van der Waals surface area contributed by atoms with Crippen molar-refractivity contribution < 1.29 is 27.6 Å². The highest BCUT2D eigenvalue weighted by molar-refractivity contribution is 7.89. The van der Waals surface area contributed by atoms with E-state index in [2.05, 4.69) is 19.4 Å². The lowest BCUT2D eigenvalue weighted by atomic mass is 10.6. The number of nitrogens with zero attached hydrogens (tertiary/aromatic N) is 2. The Labute approximate surface area is 91.1 Å². The van der Waals surface area contributed by atoms with Gasteiger partial charge < -0.3 is 14.4 Å². The first-order valence-electron chi connectivity index (χ1n) is 4.15. The number of carboxylic acid groups (broad SMARTS) is 1. The summed E-state index contributed by atoms with van der Waals surface area (Å²) in [6.07, 6.45) is 1.05. The average molecular weight is 250 g/mol. The summed E-state index contributed by atoms with van der Waals surface area (Å²) in [5.41, 5.74) is 0. The first-order valence-corrected chi connectivity index (χ1v) is 6.21. The number of carbonyl (C=O) groups is 1. The van der Waals surface area contributed by atoms with E-state index in [4.69, 9.17) is 5.11 Å². The molecule has 0 saturated heterocycles. The van der Waals surface area contributed by atoms with Crippen LogP contribution < -0.4 is 0 Å². The molecule has 0 amide bonds. The van der Waals surface area contributed by atoms with E-state index >= 15 is 0 Å². The second kappa shape index (κ2) is 5.03. The highest BCUT2D eigenvalue weighted by Crippen LogP contribution is 2.02. The van der Waals surface area contributed by atoms with Gasteiger partial charge in [0.1, 0.15) is 19.0 Å². The molecule has 9 heteroatoms. The Morgan fingerprint density at radius 2 is 2.25 bits per heavy atom. The summed E-state index contributed by atoms with van der Waals surface area (Å²) in [4.78, 5) is 13.8. The van der Waals surface area contributed by atoms with Crippen LogP contribution in [0.25, 0.3) is 0 Å². The third-order valence-corrected chi connectivity index (χ3v) is 2.14. The first kappa shape index (κ1) is 12.6. The van der Waals surface area contributed by atoms with E-state index < -0.39 is 22.4 Å². The van der Waals surface area contributed by atoms with Crippen LogP contribution in [0.1, 0.15) is 11.7 Å². The fourth-order valence-corrected chi connectivity index (χ4v) is 1.45. The minimum atomic E-state index is -3.22. The van der Waals surface area contributed by atoms with Gasteiger partial charge in [-0.15, -0.1) is 0 Å². The normalized spacial score (nSPS) is 11.6. The van der Waals surface area contributed by atoms with Crippen LogP contribution in [0, 0.1) is 0 Å². The molecule has 0 aliphatic carbocycles. The van der Waals surface area contributed by atoms with Crippen molar-refractivity contribution in [3.8, 4) is 0 Å². The van der Waals surface area contributed by atoms with Gasteiger partial charge in [0, 0.05) is 6.26 Å². The predicted octanol–water partition coefficient (Wildman–Crippen LogP) is -0.785. The highest BCUT2D eigenvalue weighted by Gasteiger charge is 2.12. The first-order chi connectivity index (χ1) is 7.37. The van der Waals surface area contributed by atoms with Crippen molar-refractivity contribution in [1.29, 1.82) is 0 Å². The second-order valence-corrected chi connectivity index (χ2v) is 5.20. The quantitative estimate of drug-likeness (QED) is 0.697. The van der Waals surface area contributed by atoms with E-state index in [9.17, 15) is 13.2 Å². The summed E-state index contributed by atoms with van der Waals surface area (Å²) in [5, 5.41) is 11.7. The lowest BCUT2D eigenvalue weighted by molar-refractivity contribution is -0.142. The lowest BCUT2D eigenvalue weighted by Gasteiger charge is -1.94. The van der Waals surface area contributed by atoms with E-state index in [1.54, 1.807) is 0 Å². The Hall–Kier alpha value is -1.48. The maximum absolute atomic E-state index is 10.9. The molecule has 16 heavy (non-hydrogen) atoms. The third-order valence-electron chi connectivity index (χ3n) is 1.35. The predicted molar refractivity (Wildman–Crippen MR) is 50.1 cm³/mol. The molecule has 0 saturated carbocycles. The van der Waals surface area contributed by atoms with E-state index in [-0.39, 0.29) is 24.1 Å². The van der Waals surface area contributed by atoms with E-state index in [0.29, 0.717) is 0 Å². The van der Waals surface area contributed by atoms with E-state index in [1.165, 1.54) is 0 Å². The van der Waals surface area contributed by atoms with E-state index in [1.807, 2.05) is 0 Å². The van der Waals surface area contributed by atoms with Gasteiger partial charge in [0.15, 0.2) is 15.7 Å². The number of rotatable bonds is 6. The zero-order chi connectivity index (χ0) is 12.2. The van der Waals surface area contributed by atoms with Crippen molar-refractivity contribution in [2.24, 2.45) is 0 Å². The van der Waals surface area contributed by atoms with Crippen LogP contribution in [-0.2, 0) is 31.7 Å². The molecule has 0 spiro atoms. The van der Waals surface area contributed by atoms with Gasteiger partial charge in [-0.3, -0.25) is 0 Å². The van der Waals surface area contributed by atoms with Gasteiger partial charge in [-0.2, -0.15) is 4.98 Å². The molecule has 1 N–H and O–H groups in total. The largest absolute Gasteiger partial charge is 0.480 e. The smallest absolute Gasteiger partial charge is 0.329 e. The number of hydrogen-bond donors (Lipinski definition) is 1. The molecule has 0 radical (unpaired) electrons. The average Bonchev–Trinajstić information content (AvgIpc) is 2.48. The van der Waals surface area contributed by atoms with Gasteiger partial charge in [0.05, 0.1) is 0 Å². The number of aromatic nitrogens is 2. The molecular formula is C7H10N2O6S. The fourth-order valence-electron chi connectivity index (χ4n) is 0.868. The minimum absolute atomic E-state index is 0.0245. The van der Waals surface area contributed by atoms with Gasteiger partial charge in [-0.25, -0.2) is 13.2 Å². The molecule has 1 aromatic heterocycles. The monoisotopic (exact) mass is 250 g/mol. The van der Waals surface area contributed by atoms with Crippen LogP contribution >= 0.6 is 0 Å². The van der Waals surface area contributed by atoms with Gasteiger partial charge in [0.25, 0.3) is 5.89 Å². The van der Waals surface area contributed by atoms with Gasteiger partial charge >= 0.3 is 5.97 Å². The maximum Gasteiger partial charge on any atom is 0.329 e. The molecule has 0 aliphatic heterocycles. The topological polar surface area (TPSA) is 120 Å². The molecule has 0 aromatic carbocycles. The van der Waals surface area contributed by atoms with Crippen LogP contribution in [0.2, 0.25) is 0 Å². The second-order valence-electron chi connectivity index (χ2n) is 3.06. The molecule has 0 bridgehead atoms. The zero-order valence-corrected chi connectivity index (χ0v) is 9.23. The molecule has 0 atom stereocenters. The third kappa shape index (κ3) is 4.84. The molecule has 8 nitrogen and oxygen atoms in total. The number of aliphatic carboxylic acids is 1. The molecule has 0 unspecified atom stereocenters. The number of carboxylic acids is 1. The van der Waals surface area contributed by atoms with Crippen LogP contribution in [0.5, 0.6) is 0 Å². The molecular weight excluding hydrogens is 240 g/mol. The summed E-state index contributed by atoms with van der Waals surface area (Å²) >= 11 is 0. The molecule has 1 rings (SSSR count). The number of hydrogen-bond acceptors (Lipinski definition) is 7. The lowest BCUT2D eigenvalue weighted by Crippen LogP contribution is -2.07. The Bertz CT molecular complexity index is 465. The molecule has 0 aliphatic rings. The maximum atomic E-state index is 10.9. The summed E-state index contributed by atoms with van der Waals surface area (Å²) in [6.45, 7) is -0.646. The van der Waals surface area contributed by atoms with Gasteiger partial charge in [-0.05, 0) is 0 Å². The Kier molecular flexibility index (Phi) is 3.96. The van der Waals surface area contributed by atoms with Gasteiger partial charge in [0.2, 0.25) is 0 Å². The van der Waals surface area contributed by atoms with Crippen molar-refractivity contribution in [1.82, 2.24) is 10.1 Å². The Morgan fingerprint density at radius 1 is 1.56 bits per heavy atom. The Balaban J connectivity index is 2.49. The summed E-state index contributed by atoms with van der Waals surface area (Å²) in [6, 6.07) is 0.